The summed E-state index contributed by atoms with van der Waals surface area (Å²) in [6, 6.07) is 3.73. The molecule has 0 saturated heterocycles. The Morgan fingerprint density at radius 3 is 2.92 bits per heavy atom. The molecule has 2 rings (SSSR count). The van der Waals surface area contributed by atoms with E-state index in [2.05, 4.69) is 15.5 Å². The van der Waals surface area contributed by atoms with Crippen LogP contribution in [0.4, 0.5) is 0 Å². The zero-order valence-corrected chi connectivity index (χ0v) is 7.23. The highest BCUT2D eigenvalue weighted by Gasteiger charge is 2.20. The second-order valence-electron chi connectivity index (χ2n) is 3.21. The first kappa shape index (κ1) is 8.16. The maximum atomic E-state index is 11.4. The highest BCUT2D eigenvalue weighted by Crippen LogP contribution is 2.18. The van der Waals surface area contributed by atoms with Crippen molar-refractivity contribution in [1.29, 1.82) is 0 Å². The number of carbonyl (C=O) groups excluding carboxylic acids is 1. The fourth-order valence-electron chi connectivity index (χ4n) is 1.23. The number of rotatable bonds is 2. The fraction of sp³-hybridized carbons (Fsp3) is 0.444. The summed E-state index contributed by atoms with van der Waals surface area (Å²) in [6.45, 7) is 0. The molecule has 1 saturated carbocycles. The molecule has 1 heterocycles. The molecular formula is C9H11N3O. The molecule has 0 spiro atoms. The van der Waals surface area contributed by atoms with Crippen LogP contribution in [0.2, 0.25) is 0 Å². The zero-order chi connectivity index (χ0) is 9.10. The van der Waals surface area contributed by atoms with E-state index in [1.165, 1.54) is 6.42 Å². The lowest BCUT2D eigenvalue weighted by atomic mass is 9.93. The van der Waals surface area contributed by atoms with E-state index in [1.807, 2.05) is 0 Å². The maximum absolute atomic E-state index is 11.4. The molecule has 1 aliphatic carbocycles. The lowest BCUT2D eigenvalue weighted by Crippen LogP contribution is -2.39. The third kappa shape index (κ3) is 1.83. The molecule has 1 aromatic heterocycles. The van der Waals surface area contributed by atoms with E-state index < -0.39 is 0 Å². The van der Waals surface area contributed by atoms with E-state index in [-0.39, 0.29) is 5.91 Å². The molecule has 4 heteroatoms. The molecule has 0 atom stereocenters. The molecule has 0 radical (unpaired) electrons. The summed E-state index contributed by atoms with van der Waals surface area (Å²) in [6.07, 6.45) is 4.95. The number of carbonyl (C=O) groups is 1. The largest absolute Gasteiger partial charge is 0.348 e. The minimum atomic E-state index is -0.113. The number of hydrogen-bond donors (Lipinski definition) is 1. The average Bonchev–Trinajstić information content (AvgIpc) is 2.12. The number of amides is 1. The summed E-state index contributed by atoms with van der Waals surface area (Å²) in [5, 5.41) is 10.3. The summed E-state index contributed by atoms with van der Waals surface area (Å²) in [7, 11) is 0. The van der Waals surface area contributed by atoms with E-state index >= 15 is 0 Å². The first-order valence-electron chi connectivity index (χ1n) is 4.45. The van der Waals surface area contributed by atoms with Gasteiger partial charge in [-0.15, -0.1) is 5.10 Å². The SMILES string of the molecule is O=C(NC1CCC1)c1cccnn1. The van der Waals surface area contributed by atoms with Gasteiger partial charge in [0.15, 0.2) is 5.69 Å². The Labute approximate surface area is 76.4 Å². The molecule has 13 heavy (non-hydrogen) atoms. The molecular weight excluding hydrogens is 166 g/mol. The Morgan fingerprint density at radius 1 is 1.54 bits per heavy atom. The molecule has 68 valence electrons. The summed E-state index contributed by atoms with van der Waals surface area (Å²) in [5.41, 5.74) is 0.398. The Kier molecular flexibility index (Phi) is 2.21. The van der Waals surface area contributed by atoms with E-state index in [0.717, 1.165) is 12.8 Å². The smallest absolute Gasteiger partial charge is 0.272 e. The van der Waals surface area contributed by atoms with Gasteiger partial charge in [0.2, 0.25) is 0 Å². The van der Waals surface area contributed by atoms with Gasteiger partial charge in [-0.05, 0) is 31.4 Å². The van der Waals surface area contributed by atoms with Gasteiger partial charge in [-0.2, -0.15) is 5.10 Å². The molecule has 1 aromatic rings. The predicted octanol–water partition coefficient (Wildman–Crippen LogP) is 0.759. The van der Waals surface area contributed by atoms with Crippen molar-refractivity contribution in [3.05, 3.63) is 24.0 Å². The highest BCUT2D eigenvalue weighted by molar-refractivity contribution is 5.92. The van der Waals surface area contributed by atoms with Crippen molar-refractivity contribution >= 4 is 5.91 Å². The normalized spacial score (nSPS) is 16.3. The second-order valence-corrected chi connectivity index (χ2v) is 3.21. The summed E-state index contributed by atoms with van der Waals surface area (Å²) in [4.78, 5) is 11.4. The molecule has 1 amide bonds. The van der Waals surface area contributed by atoms with Gasteiger partial charge in [0, 0.05) is 12.2 Å². The molecule has 4 nitrogen and oxygen atoms in total. The van der Waals surface area contributed by atoms with Crippen LogP contribution in [0, 0.1) is 0 Å². The summed E-state index contributed by atoms with van der Waals surface area (Å²) in [5.74, 6) is -0.113. The van der Waals surface area contributed by atoms with Crippen molar-refractivity contribution < 1.29 is 4.79 Å². The van der Waals surface area contributed by atoms with Crippen LogP contribution >= 0.6 is 0 Å². The predicted molar refractivity (Wildman–Crippen MR) is 47.1 cm³/mol. The third-order valence-corrected chi connectivity index (χ3v) is 2.25. The van der Waals surface area contributed by atoms with Crippen LogP contribution in [0.5, 0.6) is 0 Å². The van der Waals surface area contributed by atoms with Gasteiger partial charge >= 0.3 is 0 Å². The highest BCUT2D eigenvalue weighted by atomic mass is 16.2. The Bertz CT molecular complexity index is 295. The number of nitrogens with zero attached hydrogens (tertiary/aromatic N) is 2. The Balaban J connectivity index is 1.97. The van der Waals surface area contributed by atoms with Gasteiger partial charge in [-0.3, -0.25) is 4.79 Å². The molecule has 0 aliphatic heterocycles. The molecule has 0 unspecified atom stereocenters. The third-order valence-electron chi connectivity index (χ3n) is 2.25. The first-order valence-corrected chi connectivity index (χ1v) is 4.45. The van der Waals surface area contributed by atoms with Crippen LogP contribution in [-0.4, -0.2) is 22.1 Å². The van der Waals surface area contributed by atoms with Gasteiger partial charge in [0.25, 0.3) is 5.91 Å². The Hall–Kier alpha value is -1.45. The van der Waals surface area contributed by atoms with Crippen molar-refractivity contribution in [3.63, 3.8) is 0 Å². The fourth-order valence-corrected chi connectivity index (χ4v) is 1.23. The first-order chi connectivity index (χ1) is 6.36. The molecule has 1 N–H and O–H groups in total. The van der Waals surface area contributed by atoms with E-state index in [0.29, 0.717) is 11.7 Å². The van der Waals surface area contributed by atoms with Crippen molar-refractivity contribution in [2.75, 3.05) is 0 Å². The minimum absolute atomic E-state index is 0.113. The van der Waals surface area contributed by atoms with Crippen LogP contribution in [0.25, 0.3) is 0 Å². The van der Waals surface area contributed by atoms with Crippen molar-refractivity contribution in [2.45, 2.75) is 25.3 Å². The number of aromatic nitrogens is 2. The quantitative estimate of drug-likeness (QED) is 0.725. The summed E-state index contributed by atoms with van der Waals surface area (Å²) < 4.78 is 0. The van der Waals surface area contributed by atoms with Crippen molar-refractivity contribution in [1.82, 2.24) is 15.5 Å². The van der Waals surface area contributed by atoms with Gasteiger partial charge in [0.1, 0.15) is 0 Å². The second kappa shape index (κ2) is 3.51. The lowest BCUT2D eigenvalue weighted by Gasteiger charge is -2.25. The summed E-state index contributed by atoms with van der Waals surface area (Å²) >= 11 is 0. The minimum Gasteiger partial charge on any atom is -0.348 e. The maximum Gasteiger partial charge on any atom is 0.272 e. The van der Waals surface area contributed by atoms with Gasteiger partial charge in [-0.1, -0.05) is 0 Å². The zero-order valence-electron chi connectivity index (χ0n) is 7.23. The van der Waals surface area contributed by atoms with E-state index in [9.17, 15) is 4.79 Å². The molecule has 0 aromatic carbocycles. The average molecular weight is 177 g/mol. The van der Waals surface area contributed by atoms with Crippen molar-refractivity contribution in [2.24, 2.45) is 0 Å². The topological polar surface area (TPSA) is 54.9 Å². The molecule has 1 fully saturated rings. The van der Waals surface area contributed by atoms with Crippen LogP contribution < -0.4 is 5.32 Å². The van der Waals surface area contributed by atoms with Gasteiger partial charge < -0.3 is 5.32 Å². The van der Waals surface area contributed by atoms with E-state index in [4.69, 9.17) is 0 Å². The molecule has 0 bridgehead atoms. The Morgan fingerprint density at radius 2 is 2.38 bits per heavy atom. The number of hydrogen-bond acceptors (Lipinski definition) is 3. The monoisotopic (exact) mass is 177 g/mol. The van der Waals surface area contributed by atoms with Gasteiger partial charge in [0.05, 0.1) is 0 Å². The van der Waals surface area contributed by atoms with Gasteiger partial charge in [-0.25, -0.2) is 0 Å². The molecule has 1 aliphatic rings. The van der Waals surface area contributed by atoms with Crippen LogP contribution in [0.1, 0.15) is 29.8 Å². The van der Waals surface area contributed by atoms with Crippen LogP contribution in [0.15, 0.2) is 18.3 Å². The lowest BCUT2D eigenvalue weighted by molar-refractivity contribution is 0.0911. The van der Waals surface area contributed by atoms with Crippen molar-refractivity contribution in [3.8, 4) is 0 Å². The standard InChI is InChI=1S/C9H11N3O/c13-9(11-7-3-1-4-7)8-5-2-6-10-12-8/h2,5-7H,1,3-4H2,(H,11,13). The van der Waals surface area contributed by atoms with Crippen LogP contribution in [0.3, 0.4) is 0 Å². The number of nitrogens with one attached hydrogen (secondary N) is 1. The van der Waals surface area contributed by atoms with Crippen LogP contribution in [-0.2, 0) is 0 Å². The van der Waals surface area contributed by atoms with E-state index in [1.54, 1.807) is 18.3 Å².